The first-order valence-electron chi connectivity index (χ1n) is 7.26. The molecule has 0 bridgehead atoms. The molecule has 1 aliphatic heterocycles. The van der Waals surface area contributed by atoms with E-state index in [4.69, 9.17) is 9.47 Å². The zero-order valence-corrected chi connectivity index (χ0v) is 13.1. The number of carbonyl (C=O) groups is 1. The Morgan fingerprint density at radius 1 is 1.29 bits per heavy atom. The van der Waals surface area contributed by atoms with Gasteiger partial charge in [-0.25, -0.2) is 4.79 Å². The molecular formula is C16H24N2O3. The maximum atomic E-state index is 11.9. The normalized spacial score (nSPS) is 21.9. The van der Waals surface area contributed by atoms with E-state index < -0.39 is 5.60 Å². The van der Waals surface area contributed by atoms with Crippen molar-refractivity contribution in [1.82, 2.24) is 10.6 Å². The molecule has 5 heteroatoms. The smallest absolute Gasteiger partial charge is 0.407 e. The van der Waals surface area contributed by atoms with E-state index in [1.165, 1.54) is 0 Å². The average molecular weight is 292 g/mol. The SMILES string of the molecule is COc1ccc(C2NCCC2NC(=O)OC(C)(C)C)cc1. The van der Waals surface area contributed by atoms with Crippen LogP contribution in [0.5, 0.6) is 5.75 Å². The van der Waals surface area contributed by atoms with Crippen molar-refractivity contribution < 1.29 is 14.3 Å². The number of ether oxygens (including phenoxy) is 2. The number of nitrogens with one attached hydrogen (secondary N) is 2. The molecule has 1 amide bonds. The highest BCUT2D eigenvalue weighted by Gasteiger charge is 2.30. The second kappa shape index (κ2) is 6.35. The van der Waals surface area contributed by atoms with E-state index in [0.717, 1.165) is 24.3 Å². The van der Waals surface area contributed by atoms with Gasteiger partial charge in [0.2, 0.25) is 0 Å². The van der Waals surface area contributed by atoms with Crippen molar-refractivity contribution in [2.75, 3.05) is 13.7 Å². The lowest BCUT2D eigenvalue weighted by Crippen LogP contribution is -2.41. The van der Waals surface area contributed by atoms with Gasteiger partial charge in [-0.3, -0.25) is 0 Å². The van der Waals surface area contributed by atoms with Gasteiger partial charge in [0.05, 0.1) is 19.2 Å². The highest BCUT2D eigenvalue weighted by Crippen LogP contribution is 2.25. The highest BCUT2D eigenvalue weighted by atomic mass is 16.6. The molecular weight excluding hydrogens is 268 g/mol. The molecule has 0 spiro atoms. The molecule has 21 heavy (non-hydrogen) atoms. The summed E-state index contributed by atoms with van der Waals surface area (Å²) < 4.78 is 10.5. The van der Waals surface area contributed by atoms with Crippen LogP contribution in [0.25, 0.3) is 0 Å². The van der Waals surface area contributed by atoms with Crippen molar-refractivity contribution in [3.05, 3.63) is 29.8 Å². The van der Waals surface area contributed by atoms with Gasteiger partial charge in [0.25, 0.3) is 0 Å². The van der Waals surface area contributed by atoms with Crippen LogP contribution in [-0.4, -0.2) is 31.4 Å². The Morgan fingerprint density at radius 2 is 1.95 bits per heavy atom. The number of hydrogen-bond acceptors (Lipinski definition) is 4. The molecule has 5 nitrogen and oxygen atoms in total. The second-order valence-corrected chi connectivity index (χ2v) is 6.25. The van der Waals surface area contributed by atoms with Crippen LogP contribution in [0.3, 0.4) is 0 Å². The minimum absolute atomic E-state index is 0.0354. The van der Waals surface area contributed by atoms with E-state index in [2.05, 4.69) is 10.6 Å². The van der Waals surface area contributed by atoms with Crippen molar-refractivity contribution in [2.45, 2.75) is 44.9 Å². The molecule has 1 aliphatic rings. The summed E-state index contributed by atoms with van der Waals surface area (Å²) in [6.45, 7) is 6.46. The number of amides is 1. The van der Waals surface area contributed by atoms with Crippen molar-refractivity contribution >= 4 is 6.09 Å². The van der Waals surface area contributed by atoms with Crippen LogP contribution in [0.2, 0.25) is 0 Å². The minimum Gasteiger partial charge on any atom is -0.497 e. The standard InChI is InChI=1S/C16H24N2O3/c1-16(2,3)21-15(19)18-13-9-10-17-14(13)11-5-7-12(20-4)8-6-11/h5-8,13-14,17H,9-10H2,1-4H3,(H,18,19). The topological polar surface area (TPSA) is 59.6 Å². The van der Waals surface area contributed by atoms with Gasteiger partial charge in [-0.2, -0.15) is 0 Å². The number of methoxy groups -OCH3 is 1. The molecule has 116 valence electrons. The third-order valence-electron chi connectivity index (χ3n) is 3.40. The van der Waals surface area contributed by atoms with Crippen LogP contribution in [0, 0.1) is 0 Å². The maximum Gasteiger partial charge on any atom is 0.407 e. The number of rotatable bonds is 3. The Labute approximate surface area is 126 Å². The van der Waals surface area contributed by atoms with Crippen LogP contribution >= 0.6 is 0 Å². The van der Waals surface area contributed by atoms with Crippen LogP contribution in [0.1, 0.15) is 38.8 Å². The van der Waals surface area contributed by atoms with Crippen molar-refractivity contribution in [2.24, 2.45) is 0 Å². The molecule has 0 saturated carbocycles. The molecule has 1 saturated heterocycles. The summed E-state index contributed by atoms with van der Waals surface area (Å²) in [5.74, 6) is 0.827. The molecule has 0 radical (unpaired) electrons. The summed E-state index contributed by atoms with van der Waals surface area (Å²) in [5, 5.41) is 6.38. The number of alkyl carbamates (subject to hydrolysis) is 1. The monoisotopic (exact) mass is 292 g/mol. The molecule has 2 atom stereocenters. The summed E-state index contributed by atoms with van der Waals surface area (Å²) in [6.07, 6.45) is 0.519. The molecule has 1 fully saturated rings. The van der Waals surface area contributed by atoms with Crippen LogP contribution in [-0.2, 0) is 4.74 Å². The molecule has 0 aromatic heterocycles. The van der Waals surface area contributed by atoms with Crippen molar-refractivity contribution in [1.29, 1.82) is 0 Å². The summed E-state index contributed by atoms with van der Waals surface area (Å²) in [7, 11) is 1.65. The second-order valence-electron chi connectivity index (χ2n) is 6.25. The molecule has 1 heterocycles. The average Bonchev–Trinajstić information content (AvgIpc) is 2.84. The van der Waals surface area contributed by atoms with E-state index in [0.29, 0.717) is 0 Å². The third kappa shape index (κ3) is 4.36. The number of hydrogen-bond donors (Lipinski definition) is 2. The van der Waals surface area contributed by atoms with Gasteiger partial charge >= 0.3 is 6.09 Å². The van der Waals surface area contributed by atoms with E-state index in [1.54, 1.807) is 7.11 Å². The number of benzene rings is 1. The fourth-order valence-corrected chi connectivity index (χ4v) is 2.48. The zero-order chi connectivity index (χ0) is 15.5. The Balaban J connectivity index is 2.01. The van der Waals surface area contributed by atoms with Gasteiger partial charge in [-0.05, 0) is 51.4 Å². The van der Waals surface area contributed by atoms with Crippen molar-refractivity contribution in [3.63, 3.8) is 0 Å². The van der Waals surface area contributed by atoms with Crippen LogP contribution < -0.4 is 15.4 Å². The molecule has 0 aliphatic carbocycles. The minimum atomic E-state index is -0.480. The first-order valence-corrected chi connectivity index (χ1v) is 7.26. The molecule has 2 N–H and O–H groups in total. The van der Waals surface area contributed by atoms with Gasteiger partial charge in [-0.1, -0.05) is 12.1 Å². The largest absolute Gasteiger partial charge is 0.497 e. The van der Waals surface area contributed by atoms with Gasteiger partial charge in [0, 0.05) is 0 Å². The quantitative estimate of drug-likeness (QED) is 0.899. The molecule has 1 aromatic rings. The van der Waals surface area contributed by atoms with Crippen LogP contribution in [0.4, 0.5) is 4.79 Å². The number of carbonyl (C=O) groups excluding carboxylic acids is 1. The summed E-state index contributed by atoms with van der Waals surface area (Å²) >= 11 is 0. The van der Waals surface area contributed by atoms with Gasteiger partial charge in [0.15, 0.2) is 0 Å². The van der Waals surface area contributed by atoms with Crippen molar-refractivity contribution in [3.8, 4) is 5.75 Å². The Hall–Kier alpha value is -1.75. The summed E-state index contributed by atoms with van der Waals surface area (Å²) in [5.41, 5.74) is 0.653. The molecule has 2 rings (SSSR count). The predicted molar refractivity (Wildman–Crippen MR) is 81.5 cm³/mol. The lowest BCUT2D eigenvalue weighted by atomic mass is 10.0. The highest BCUT2D eigenvalue weighted by molar-refractivity contribution is 5.68. The Bertz CT molecular complexity index is 479. The lowest BCUT2D eigenvalue weighted by molar-refractivity contribution is 0.0500. The van der Waals surface area contributed by atoms with E-state index >= 15 is 0 Å². The van der Waals surface area contributed by atoms with Gasteiger partial charge < -0.3 is 20.1 Å². The van der Waals surface area contributed by atoms with E-state index in [1.807, 2.05) is 45.0 Å². The summed E-state index contributed by atoms with van der Waals surface area (Å²) in [4.78, 5) is 11.9. The maximum absolute atomic E-state index is 11.9. The predicted octanol–water partition coefficient (Wildman–Crippen LogP) is 2.62. The molecule has 2 unspecified atom stereocenters. The van der Waals surface area contributed by atoms with Crippen LogP contribution in [0.15, 0.2) is 24.3 Å². The Morgan fingerprint density at radius 3 is 2.52 bits per heavy atom. The fraction of sp³-hybridized carbons (Fsp3) is 0.562. The third-order valence-corrected chi connectivity index (χ3v) is 3.40. The Kier molecular flexibility index (Phi) is 4.73. The van der Waals surface area contributed by atoms with E-state index in [-0.39, 0.29) is 18.2 Å². The molecule has 1 aromatic carbocycles. The van der Waals surface area contributed by atoms with Gasteiger partial charge in [-0.15, -0.1) is 0 Å². The first-order chi connectivity index (χ1) is 9.89. The fourth-order valence-electron chi connectivity index (χ4n) is 2.48. The zero-order valence-electron chi connectivity index (χ0n) is 13.1. The van der Waals surface area contributed by atoms with Gasteiger partial charge in [0.1, 0.15) is 11.4 Å². The van der Waals surface area contributed by atoms with E-state index in [9.17, 15) is 4.79 Å². The lowest BCUT2D eigenvalue weighted by Gasteiger charge is -2.25. The summed E-state index contributed by atoms with van der Waals surface area (Å²) in [6, 6.07) is 8.04. The first kappa shape index (κ1) is 15.6.